The van der Waals surface area contributed by atoms with Crippen LogP contribution in [0.3, 0.4) is 0 Å². The Hall–Kier alpha value is -1.10. The molecule has 1 aromatic carbocycles. The van der Waals surface area contributed by atoms with E-state index >= 15 is 0 Å². The molecular formula is C13H16BrFN2O. The van der Waals surface area contributed by atoms with Crippen molar-refractivity contribution in [3.63, 3.8) is 0 Å². The summed E-state index contributed by atoms with van der Waals surface area (Å²) < 4.78 is 13.1. The van der Waals surface area contributed by atoms with E-state index in [1.165, 1.54) is 5.56 Å². The monoisotopic (exact) mass is 314 g/mol. The fraction of sp³-hybridized carbons (Fsp3) is 0.462. The molecule has 18 heavy (non-hydrogen) atoms. The molecule has 3 nitrogen and oxygen atoms in total. The third-order valence-electron chi connectivity index (χ3n) is 3.14. The summed E-state index contributed by atoms with van der Waals surface area (Å²) in [6, 6.07) is 5.75. The Morgan fingerprint density at radius 3 is 3.11 bits per heavy atom. The van der Waals surface area contributed by atoms with Crippen molar-refractivity contribution in [1.82, 2.24) is 10.6 Å². The molecule has 1 aliphatic carbocycles. The molecular weight excluding hydrogens is 299 g/mol. The van der Waals surface area contributed by atoms with Gasteiger partial charge in [0.1, 0.15) is 6.67 Å². The van der Waals surface area contributed by atoms with Crippen LogP contribution in [-0.4, -0.2) is 19.3 Å². The van der Waals surface area contributed by atoms with Crippen molar-refractivity contribution in [2.75, 3.05) is 13.2 Å². The predicted molar refractivity (Wildman–Crippen MR) is 72.3 cm³/mol. The van der Waals surface area contributed by atoms with Gasteiger partial charge in [0.05, 0.1) is 6.04 Å². The molecule has 0 saturated carbocycles. The molecule has 98 valence electrons. The van der Waals surface area contributed by atoms with Crippen molar-refractivity contribution in [1.29, 1.82) is 0 Å². The summed E-state index contributed by atoms with van der Waals surface area (Å²) in [5.41, 5.74) is 2.42. The van der Waals surface area contributed by atoms with Crippen LogP contribution in [0.25, 0.3) is 0 Å². The lowest BCUT2D eigenvalue weighted by molar-refractivity contribution is 0.234. The third kappa shape index (κ3) is 3.02. The Bertz CT molecular complexity index is 439. The summed E-state index contributed by atoms with van der Waals surface area (Å²) in [6.07, 6.45) is 3.00. The highest BCUT2D eigenvalue weighted by Gasteiger charge is 2.22. The lowest BCUT2D eigenvalue weighted by Crippen LogP contribution is -2.39. The quantitative estimate of drug-likeness (QED) is 0.884. The van der Waals surface area contributed by atoms with Crippen LogP contribution in [0.4, 0.5) is 9.18 Å². The Labute approximate surface area is 114 Å². The summed E-state index contributed by atoms with van der Waals surface area (Å²) in [5, 5.41) is 5.39. The van der Waals surface area contributed by atoms with Crippen LogP contribution >= 0.6 is 15.9 Å². The van der Waals surface area contributed by atoms with E-state index < -0.39 is 6.67 Å². The Balaban J connectivity index is 2.08. The largest absolute Gasteiger partial charge is 0.336 e. The number of urea groups is 1. The number of hydrogen-bond acceptors (Lipinski definition) is 1. The molecule has 1 aliphatic rings. The second-order valence-electron chi connectivity index (χ2n) is 4.34. The van der Waals surface area contributed by atoms with E-state index in [2.05, 4.69) is 26.6 Å². The maximum atomic E-state index is 12.0. The molecule has 0 radical (unpaired) electrons. The Morgan fingerprint density at radius 1 is 1.50 bits per heavy atom. The van der Waals surface area contributed by atoms with Crippen molar-refractivity contribution >= 4 is 22.0 Å². The second kappa shape index (κ2) is 6.18. The van der Waals surface area contributed by atoms with Crippen molar-refractivity contribution < 1.29 is 9.18 Å². The molecule has 1 aromatic rings. The normalized spacial score (nSPS) is 18.0. The molecule has 0 aliphatic heterocycles. The molecule has 5 heteroatoms. The minimum absolute atomic E-state index is 0.0193. The highest BCUT2D eigenvalue weighted by molar-refractivity contribution is 9.10. The summed E-state index contributed by atoms with van der Waals surface area (Å²) in [4.78, 5) is 11.6. The first-order valence-electron chi connectivity index (χ1n) is 6.10. The Kier molecular flexibility index (Phi) is 4.58. The molecule has 0 saturated heterocycles. The van der Waals surface area contributed by atoms with Crippen LogP contribution in [-0.2, 0) is 6.42 Å². The van der Waals surface area contributed by atoms with Crippen LogP contribution in [0.15, 0.2) is 22.7 Å². The number of carbonyl (C=O) groups excluding carboxylic acids is 1. The topological polar surface area (TPSA) is 41.1 Å². The zero-order valence-electron chi connectivity index (χ0n) is 10.0. The van der Waals surface area contributed by atoms with Crippen LogP contribution < -0.4 is 10.6 Å². The first-order valence-corrected chi connectivity index (χ1v) is 6.89. The van der Waals surface area contributed by atoms with Crippen molar-refractivity contribution in [2.24, 2.45) is 0 Å². The van der Waals surface area contributed by atoms with E-state index in [0.717, 1.165) is 29.3 Å². The molecule has 0 fully saturated rings. The minimum atomic E-state index is -0.541. The minimum Gasteiger partial charge on any atom is -0.336 e. The van der Waals surface area contributed by atoms with Gasteiger partial charge in [0.15, 0.2) is 0 Å². The van der Waals surface area contributed by atoms with Gasteiger partial charge in [-0.15, -0.1) is 0 Å². The number of benzene rings is 1. The van der Waals surface area contributed by atoms with Gasteiger partial charge in [0.2, 0.25) is 0 Å². The summed E-state index contributed by atoms with van der Waals surface area (Å²) >= 11 is 3.54. The van der Waals surface area contributed by atoms with E-state index in [9.17, 15) is 9.18 Å². The molecule has 0 bridgehead atoms. The number of fused-ring (bicyclic) bond motifs is 1. The SMILES string of the molecule is O=C(NCCF)NC1CCCc2c(Br)cccc21. The highest BCUT2D eigenvalue weighted by Crippen LogP contribution is 2.33. The zero-order chi connectivity index (χ0) is 13.0. The molecule has 2 rings (SSSR count). The summed E-state index contributed by atoms with van der Waals surface area (Å²) in [5.74, 6) is 0. The van der Waals surface area contributed by atoms with Crippen molar-refractivity contribution in [3.8, 4) is 0 Å². The van der Waals surface area contributed by atoms with Gasteiger partial charge >= 0.3 is 6.03 Å². The number of rotatable bonds is 3. The number of hydrogen-bond donors (Lipinski definition) is 2. The first kappa shape index (κ1) is 13.3. The maximum absolute atomic E-state index is 12.0. The lowest BCUT2D eigenvalue weighted by atomic mass is 9.88. The van der Waals surface area contributed by atoms with Crippen molar-refractivity contribution in [2.45, 2.75) is 25.3 Å². The van der Waals surface area contributed by atoms with E-state index in [4.69, 9.17) is 0 Å². The van der Waals surface area contributed by atoms with Gasteiger partial charge in [-0.3, -0.25) is 0 Å². The van der Waals surface area contributed by atoms with Gasteiger partial charge in [0.25, 0.3) is 0 Å². The molecule has 0 spiro atoms. The summed E-state index contributed by atoms with van der Waals surface area (Å²) in [7, 11) is 0. The molecule has 0 heterocycles. The van der Waals surface area contributed by atoms with Gasteiger partial charge < -0.3 is 10.6 Å². The van der Waals surface area contributed by atoms with Crippen LogP contribution in [0.2, 0.25) is 0 Å². The van der Waals surface area contributed by atoms with Crippen LogP contribution in [0, 0.1) is 0 Å². The van der Waals surface area contributed by atoms with Crippen LogP contribution in [0.5, 0.6) is 0 Å². The van der Waals surface area contributed by atoms with E-state index in [-0.39, 0.29) is 18.6 Å². The average molecular weight is 315 g/mol. The average Bonchev–Trinajstić information content (AvgIpc) is 2.38. The standard InChI is InChI=1S/C13H16BrFN2O/c14-11-5-1-4-10-9(11)3-2-6-12(10)17-13(18)16-8-7-15/h1,4-5,12H,2-3,6-8H2,(H2,16,17,18). The smallest absolute Gasteiger partial charge is 0.315 e. The number of amides is 2. The molecule has 2 amide bonds. The van der Waals surface area contributed by atoms with Gasteiger partial charge in [0, 0.05) is 11.0 Å². The number of carbonyl (C=O) groups is 1. The van der Waals surface area contributed by atoms with Gasteiger partial charge in [-0.05, 0) is 36.5 Å². The predicted octanol–water partition coefficient (Wildman–Crippen LogP) is 3.10. The molecule has 2 N–H and O–H groups in total. The third-order valence-corrected chi connectivity index (χ3v) is 3.88. The molecule has 0 aromatic heterocycles. The molecule has 1 unspecified atom stereocenters. The first-order chi connectivity index (χ1) is 8.72. The lowest BCUT2D eigenvalue weighted by Gasteiger charge is -2.27. The van der Waals surface area contributed by atoms with Gasteiger partial charge in [-0.2, -0.15) is 0 Å². The van der Waals surface area contributed by atoms with Crippen LogP contribution in [0.1, 0.15) is 30.0 Å². The number of nitrogens with one attached hydrogen (secondary N) is 2. The van der Waals surface area contributed by atoms with E-state index in [1.54, 1.807) is 0 Å². The second-order valence-corrected chi connectivity index (χ2v) is 5.20. The van der Waals surface area contributed by atoms with Crippen molar-refractivity contribution in [3.05, 3.63) is 33.8 Å². The highest BCUT2D eigenvalue weighted by atomic mass is 79.9. The van der Waals surface area contributed by atoms with Gasteiger partial charge in [-0.1, -0.05) is 28.1 Å². The fourth-order valence-electron chi connectivity index (χ4n) is 2.32. The number of alkyl halides is 1. The molecule has 1 atom stereocenters. The Morgan fingerprint density at radius 2 is 2.33 bits per heavy atom. The van der Waals surface area contributed by atoms with Gasteiger partial charge in [-0.25, -0.2) is 9.18 Å². The summed E-state index contributed by atoms with van der Waals surface area (Å²) in [6.45, 7) is -0.482. The van der Waals surface area contributed by atoms with E-state index in [1.807, 2.05) is 18.2 Å². The zero-order valence-corrected chi connectivity index (χ0v) is 11.6. The number of halogens is 2. The maximum Gasteiger partial charge on any atom is 0.315 e. The fourth-order valence-corrected chi connectivity index (χ4v) is 2.90. The van der Waals surface area contributed by atoms with E-state index in [0.29, 0.717) is 0 Å².